The van der Waals surface area contributed by atoms with E-state index in [1.165, 1.54) is 11.3 Å². The molecule has 0 radical (unpaired) electrons. The number of carbonyl (C=O) groups is 1. The van der Waals surface area contributed by atoms with Crippen LogP contribution in [0.5, 0.6) is 0 Å². The zero-order chi connectivity index (χ0) is 12.3. The van der Waals surface area contributed by atoms with Gasteiger partial charge in [-0.15, -0.1) is 11.3 Å². The van der Waals surface area contributed by atoms with Crippen LogP contribution in [-0.4, -0.2) is 10.9 Å². The predicted octanol–water partition coefficient (Wildman–Crippen LogP) is 1.96. The third kappa shape index (κ3) is 2.62. The normalized spacial score (nSPS) is 10.2. The maximum Gasteiger partial charge on any atom is 0.263 e. The SMILES string of the molecule is Cc1c(N)cccc1CNC(=O)c1cncs1. The van der Waals surface area contributed by atoms with Gasteiger partial charge in [-0.05, 0) is 24.1 Å². The lowest BCUT2D eigenvalue weighted by atomic mass is 10.1. The number of anilines is 1. The van der Waals surface area contributed by atoms with E-state index in [0.717, 1.165) is 16.8 Å². The molecule has 0 aliphatic carbocycles. The van der Waals surface area contributed by atoms with E-state index in [2.05, 4.69) is 10.3 Å². The molecule has 0 unspecified atom stereocenters. The van der Waals surface area contributed by atoms with E-state index < -0.39 is 0 Å². The van der Waals surface area contributed by atoms with Gasteiger partial charge >= 0.3 is 0 Å². The van der Waals surface area contributed by atoms with Gasteiger partial charge in [-0.1, -0.05) is 12.1 Å². The van der Waals surface area contributed by atoms with Crippen LogP contribution in [0.1, 0.15) is 20.8 Å². The molecule has 0 saturated carbocycles. The number of rotatable bonds is 3. The largest absolute Gasteiger partial charge is 0.399 e. The molecular weight excluding hydrogens is 234 g/mol. The number of nitrogens with one attached hydrogen (secondary N) is 1. The lowest BCUT2D eigenvalue weighted by Gasteiger charge is -2.08. The third-order valence-electron chi connectivity index (χ3n) is 2.58. The molecule has 0 atom stereocenters. The van der Waals surface area contributed by atoms with E-state index in [0.29, 0.717) is 11.4 Å². The third-order valence-corrected chi connectivity index (χ3v) is 3.36. The second-order valence-electron chi connectivity index (χ2n) is 3.68. The number of hydrogen-bond donors (Lipinski definition) is 2. The Morgan fingerprint density at radius 2 is 2.35 bits per heavy atom. The van der Waals surface area contributed by atoms with E-state index in [1.807, 2.05) is 25.1 Å². The van der Waals surface area contributed by atoms with Gasteiger partial charge in [0, 0.05) is 12.2 Å². The molecule has 5 heteroatoms. The first-order chi connectivity index (χ1) is 8.18. The Labute approximate surface area is 103 Å². The molecule has 4 nitrogen and oxygen atoms in total. The monoisotopic (exact) mass is 247 g/mol. The van der Waals surface area contributed by atoms with Crippen molar-refractivity contribution in [3.05, 3.63) is 45.9 Å². The molecule has 0 bridgehead atoms. The van der Waals surface area contributed by atoms with Crippen LogP contribution < -0.4 is 11.1 Å². The number of nitrogen functional groups attached to an aromatic ring is 1. The van der Waals surface area contributed by atoms with Crippen molar-refractivity contribution >= 4 is 22.9 Å². The zero-order valence-electron chi connectivity index (χ0n) is 9.43. The van der Waals surface area contributed by atoms with Gasteiger partial charge in [0.25, 0.3) is 5.91 Å². The molecule has 0 spiro atoms. The number of carbonyl (C=O) groups excluding carboxylic acids is 1. The molecule has 2 rings (SSSR count). The Balaban J connectivity index is 2.03. The van der Waals surface area contributed by atoms with Crippen molar-refractivity contribution in [3.8, 4) is 0 Å². The predicted molar refractivity (Wildman–Crippen MR) is 68.9 cm³/mol. The fraction of sp³-hybridized carbons (Fsp3) is 0.167. The van der Waals surface area contributed by atoms with E-state index in [4.69, 9.17) is 5.73 Å². The lowest BCUT2D eigenvalue weighted by Crippen LogP contribution is -2.22. The first-order valence-corrected chi connectivity index (χ1v) is 6.07. The fourth-order valence-electron chi connectivity index (χ4n) is 1.49. The molecule has 1 aromatic carbocycles. The average Bonchev–Trinajstić information content (AvgIpc) is 2.84. The van der Waals surface area contributed by atoms with Crippen LogP contribution in [0.25, 0.3) is 0 Å². The maximum atomic E-state index is 11.7. The molecule has 1 heterocycles. The average molecular weight is 247 g/mol. The number of aromatic nitrogens is 1. The van der Waals surface area contributed by atoms with Gasteiger partial charge < -0.3 is 11.1 Å². The number of hydrogen-bond acceptors (Lipinski definition) is 4. The zero-order valence-corrected chi connectivity index (χ0v) is 10.3. The van der Waals surface area contributed by atoms with Crippen molar-refractivity contribution in [3.63, 3.8) is 0 Å². The lowest BCUT2D eigenvalue weighted by molar-refractivity contribution is 0.0954. The molecule has 0 fully saturated rings. The van der Waals surface area contributed by atoms with Gasteiger partial charge in [0.15, 0.2) is 0 Å². The molecular formula is C12H13N3OS. The highest BCUT2D eigenvalue weighted by Crippen LogP contribution is 2.15. The highest BCUT2D eigenvalue weighted by atomic mass is 32.1. The van der Waals surface area contributed by atoms with Gasteiger partial charge in [-0.3, -0.25) is 9.78 Å². The Morgan fingerprint density at radius 3 is 3.06 bits per heavy atom. The van der Waals surface area contributed by atoms with Gasteiger partial charge in [-0.2, -0.15) is 0 Å². The van der Waals surface area contributed by atoms with Gasteiger partial charge in [0.1, 0.15) is 4.88 Å². The summed E-state index contributed by atoms with van der Waals surface area (Å²) in [5, 5.41) is 2.85. The summed E-state index contributed by atoms with van der Waals surface area (Å²) in [4.78, 5) is 16.2. The van der Waals surface area contributed by atoms with Crippen molar-refractivity contribution in [1.82, 2.24) is 10.3 Å². The summed E-state index contributed by atoms with van der Waals surface area (Å²) in [6, 6.07) is 5.69. The van der Waals surface area contributed by atoms with Crippen LogP contribution in [0, 0.1) is 6.92 Å². The number of benzene rings is 1. The Morgan fingerprint density at radius 1 is 1.53 bits per heavy atom. The van der Waals surface area contributed by atoms with Crippen LogP contribution in [0.15, 0.2) is 29.9 Å². The quantitative estimate of drug-likeness (QED) is 0.815. The van der Waals surface area contributed by atoms with E-state index >= 15 is 0 Å². The van der Waals surface area contributed by atoms with Crippen molar-refractivity contribution < 1.29 is 4.79 Å². The maximum absolute atomic E-state index is 11.7. The number of thiazole rings is 1. The summed E-state index contributed by atoms with van der Waals surface area (Å²) in [6.07, 6.45) is 1.56. The number of amides is 1. The van der Waals surface area contributed by atoms with Gasteiger partial charge in [0.2, 0.25) is 0 Å². The molecule has 3 N–H and O–H groups in total. The van der Waals surface area contributed by atoms with E-state index in [-0.39, 0.29) is 5.91 Å². The van der Waals surface area contributed by atoms with Crippen LogP contribution in [0.3, 0.4) is 0 Å². The summed E-state index contributed by atoms with van der Waals surface area (Å²) in [6.45, 7) is 2.43. The Hall–Kier alpha value is -1.88. The van der Waals surface area contributed by atoms with E-state index in [1.54, 1.807) is 11.7 Å². The molecule has 0 saturated heterocycles. The van der Waals surface area contributed by atoms with Crippen LogP contribution >= 0.6 is 11.3 Å². The standard InChI is InChI=1S/C12H13N3OS/c1-8-9(3-2-4-10(8)13)5-15-12(16)11-6-14-7-17-11/h2-4,6-7H,5,13H2,1H3,(H,15,16). The highest BCUT2D eigenvalue weighted by molar-refractivity contribution is 7.11. The van der Waals surface area contributed by atoms with Crippen LogP contribution in [-0.2, 0) is 6.54 Å². The molecule has 17 heavy (non-hydrogen) atoms. The first-order valence-electron chi connectivity index (χ1n) is 5.19. The van der Waals surface area contributed by atoms with Crippen molar-refractivity contribution in [2.45, 2.75) is 13.5 Å². The summed E-state index contributed by atoms with van der Waals surface area (Å²) in [5.41, 5.74) is 10.2. The summed E-state index contributed by atoms with van der Waals surface area (Å²) in [5.74, 6) is -0.102. The minimum atomic E-state index is -0.102. The van der Waals surface area contributed by atoms with Crippen LogP contribution in [0.2, 0.25) is 0 Å². The molecule has 2 aromatic rings. The topological polar surface area (TPSA) is 68.0 Å². The highest BCUT2D eigenvalue weighted by Gasteiger charge is 2.07. The molecule has 0 aliphatic heterocycles. The van der Waals surface area contributed by atoms with Crippen molar-refractivity contribution in [2.24, 2.45) is 0 Å². The fourth-order valence-corrected chi connectivity index (χ4v) is 2.02. The molecule has 88 valence electrons. The second-order valence-corrected chi connectivity index (χ2v) is 4.57. The Kier molecular flexibility index (Phi) is 3.39. The van der Waals surface area contributed by atoms with Crippen molar-refractivity contribution in [2.75, 3.05) is 5.73 Å². The molecule has 0 aliphatic rings. The van der Waals surface area contributed by atoms with Gasteiger partial charge in [0.05, 0.1) is 11.7 Å². The molecule has 1 amide bonds. The van der Waals surface area contributed by atoms with Gasteiger partial charge in [-0.25, -0.2) is 0 Å². The summed E-state index contributed by atoms with van der Waals surface area (Å²) >= 11 is 1.33. The second kappa shape index (κ2) is 4.97. The van der Waals surface area contributed by atoms with Crippen molar-refractivity contribution in [1.29, 1.82) is 0 Å². The minimum absolute atomic E-state index is 0.102. The number of nitrogens with zero attached hydrogens (tertiary/aromatic N) is 1. The van der Waals surface area contributed by atoms with Crippen LogP contribution in [0.4, 0.5) is 5.69 Å². The Bertz CT molecular complexity index is 523. The number of nitrogens with two attached hydrogens (primary N) is 1. The summed E-state index contributed by atoms with van der Waals surface area (Å²) < 4.78 is 0. The van der Waals surface area contributed by atoms with E-state index in [9.17, 15) is 4.79 Å². The summed E-state index contributed by atoms with van der Waals surface area (Å²) in [7, 11) is 0. The smallest absolute Gasteiger partial charge is 0.263 e. The minimum Gasteiger partial charge on any atom is -0.399 e. The first kappa shape index (κ1) is 11.6. The molecule has 1 aromatic heterocycles.